The summed E-state index contributed by atoms with van der Waals surface area (Å²) in [6.45, 7) is 0.319. The molecular formula is C26H20Br2N2O3. The normalized spacial score (nSPS) is 11.0. The molecule has 4 aromatic rings. The van der Waals surface area contributed by atoms with Gasteiger partial charge in [-0.05, 0) is 78.0 Å². The number of rotatable bonds is 8. The van der Waals surface area contributed by atoms with E-state index < -0.39 is 0 Å². The second-order valence-electron chi connectivity index (χ2n) is 7.14. The van der Waals surface area contributed by atoms with Crippen molar-refractivity contribution >= 4 is 54.8 Å². The number of fused-ring (bicyclic) bond motifs is 1. The molecule has 0 saturated carbocycles. The topological polar surface area (TPSA) is 59.9 Å². The number of benzene rings is 4. The summed E-state index contributed by atoms with van der Waals surface area (Å²) in [7, 11) is 0. The molecule has 0 radical (unpaired) electrons. The number of hydrogen-bond acceptors (Lipinski definition) is 4. The van der Waals surface area contributed by atoms with E-state index in [4.69, 9.17) is 9.47 Å². The van der Waals surface area contributed by atoms with Crippen molar-refractivity contribution in [1.82, 2.24) is 5.43 Å². The van der Waals surface area contributed by atoms with Gasteiger partial charge in [0.25, 0.3) is 5.91 Å². The first kappa shape index (κ1) is 23.0. The summed E-state index contributed by atoms with van der Waals surface area (Å²) in [5.74, 6) is 0.979. The van der Waals surface area contributed by atoms with E-state index in [1.54, 1.807) is 18.3 Å². The maximum absolute atomic E-state index is 11.9. The summed E-state index contributed by atoms with van der Waals surface area (Å²) in [6, 6.07) is 27.3. The summed E-state index contributed by atoms with van der Waals surface area (Å²) in [5, 5.41) is 6.36. The molecule has 0 bridgehead atoms. The average Bonchev–Trinajstić information content (AvgIpc) is 2.83. The van der Waals surface area contributed by atoms with Gasteiger partial charge in [0.2, 0.25) is 0 Å². The Balaban J connectivity index is 1.36. The maximum atomic E-state index is 11.9. The SMILES string of the molecule is O=C(COc1ccccc1)N/N=C\c1cc(Br)c(OCc2cccc3ccccc23)c(Br)c1. The molecule has 5 nitrogen and oxygen atoms in total. The van der Waals surface area contributed by atoms with Crippen LogP contribution >= 0.6 is 31.9 Å². The van der Waals surface area contributed by atoms with Crippen molar-refractivity contribution in [3.8, 4) is 11.5 Å². The Hall–Kier alpha value is -3.16. The number of halogens is 2. The first-order valence-corrected chi connectivity index (χ1v) is 11.8. The summed E-state index contributed by atoms with van der Waals surface area (Å²) >= 11 is 7.14. The molecule has 0 spiro atoms. The summed E-state index contributed by atoms with van der Waals surface area (Å²) in [6.07, 6.45) is 1.56. The van der Waals surface area contributed by atoms with Crippen LogP contribution in [0.1, 0.15) is 11.1 Å². The lowest BCUT2D eigenvalue weighted by Gasteiger charge is -2.13. The minimum Gasteiger partial charge on any atom is -0.487 e. The highest BCUT2D eigenvalue weighted by Crippen LogP contribution is 2.35. The van der Waals surface area contributed by atoms with E-state index in [1.165, 1.54) is 10.8 Å². The highest BCUT2D eigenvalue weighted by Gasteiger charge is 2.10. The summed E-state index contributed by atoms with van der Waals surface area (Å²) in [5.41, 5.74) is 4.36. The third-order valence-corrected chi connectivity index (χ3v) is 5.97. The Labute approximate surface area is 208 Å². The number of nitrogens with zero attached hydrogens (tertiary/aromatic N) is 1. The lowest BCUT2D eigenvalue weighted by Crippen LogP contribution is -2.24. The van der Waals surface area contributed by atoms with Crippen LogP contribution in [0.2, 0.25) is 0 Å². The van der Waals surface area contributed by atoms with E-state index in [0.717, 1.165) is 20.1 Å². The zero-order valence-electron chi connectivity index (χ0n) is 17.5. The Morgan fingerprint density at radius 2 is 1.58 bits per heavy atom. The highest BCUT2D eigenvalue weighted by atomic mass is 79.9. The molecule has 0 unspecified atom stereocenters. The van der Waals surface area contributed by atoms with Crippen molar-refractivity contribution in [2.24, 2.45) is 5.10 Å². The lowest BCUT2D eigenvalue weighted by atomic mass is 10.1. The molecule has 33 heavy (non-hydrogen) atoms. The average molecular weight is 568 g/mol. The van der Waals surface area contributed by atoms with Crippen LogP contribution in [0.15, 0.2) is 99.0 Å². The summed E-state index contributed by atoms with van der Waals surface area (Å²) in [4.78, 5) is 11.9. The number of hydrogen-bond donors (Lipinski definition) is 1. The van der Waals surface area contributed by atoms with E-state index in [1.807, 2.05) is 48.5 Å². The second-order valence-corrected chi connectivity index (χ2v) is 8.84. The molecule has 0 aliphatic heterocycles. The minimum atomic E-state index is -0.344. The molecule has 0 atom stereocenters. The van der Waals surface area contributed by atoms with E-state index in [9.17, 15) is 4.79 Å². The molecule has 166 valence electrons. The van der Waals surface area contributed by atoms with Crippen molar-refractivity contribution in [2.75, 3.05) is 6.61 Å². The molecule has 0 aliphatic carbocycles. The van der Waals surface area contributed by atoms with E-state index >= 15 is 0 Å². The first-order chi connectivity index (χ1) is 16.1. The first-order valence-electron chi connectivity index (χ1n) is 10.2. The lowest BCUT2D eigenvalue weighted by molar-refractivity contribution is -0.123. The predicted molar refractivity (Wildman–Crippen MR) is 138 cm³/mol. The van der Waals surface area contributed by atoms with Crippen LogP contribution in [0.25, 0.3) is 10.8 Å². The third kappa shape index (κ3) is 6.21. The molecule has 1 amide bonds. The molecule has 7 heteroatoms. The van der Waals surface area contributed by atoms with Gasteiger partial charge in [-0.25, -0.2) is 5.43 Å². The molecule has 4 aromatic carbocycles. The fourth-order valence-corrected chi connectivity index (χ4v) is 4.69. The maximum Gasteiger partial charge on any atom is 0.277 e. The molecule has 0 fully saturated rings. The van der Waals surface area contributed by atoms with Gasteiger partial charge < -0.3 is 9.47 Å². The monoisotopic (exact) mass is 566 g/mol. The largest absolute Gasteiger partial charge is 0.487 e. The molecule has 1 N–H and O–H groups in total. The van der Waals surface area contributed by atoms with Gasteiger partial charge in [0.15, 0.2) is 6.61 Å². The van der Waals surface area contributed by atoms with Gasteiger partial charge in [-0.2, -0.15) is 5.10 Å². The highest BCUT2D eigenvalue weighted by molar-refractivity contribution is 9.11. The van der Waals surface area contributed by atoms with Crippen molar-refractivity contribution in [3.63, 3.8) is 0 Å². The van der Waals surface area contributed by atoms with Crippen LogP contribution in [-0.2, 0) is 11.4 Å². The van der Waals surface area contributed by atoms with Crippen LogP contribution in [0.3, 0.4) is 0 Å². The standard InChI is InChI=1S/C26H20Br2N2O3/c27-23-13-18(15-29-30-25(31)17-32-21-10-2-1-3-11-21)14-24(28)26(23)33-16-20-9-6-8-19-7-4-5-12-22(19)20/h1-15H,16-17H2,(H,30,31)/b29-15-. The number of carbonyl (C=O) groups is 1. The molecule has 0 heterocycles. The Bertz CT molecular complexity index is 1260. The van der Waals surface area contributed by atoms with E-state index in [2.05, 4.69) is 66.7 Å². The Kier molecular flexibility index (Phi) is 7.75. The van der Waals surface area contributed by atoms with Crippen molar-refractivity contribution in [3.05, 3.63) is 105 Å². The Morgan fingerprint density at radius 3 is 2.36 bits per heavy atom. The zero-order valence-corrected chi connectivity index (χ0v) is 20.7. The van der Waals surface area contributed by atoms with Gasteiger partial charge in [0, 0.05) is 0 Å². The van der Waals surface area contributed by atoms with E-state index in [0.29, 0.717) is 18.1 Å². The fraction of sp³-hybridized carbons (Fsp3) is 0.0769. The minimum absolute atomic E-state index is 0.115. The Morgan fingerprint density at radius 1 is 0.879 bits per heavy atom. The number of nitrogens with one attached hydrogen (secondary N) is 1. The van der Waals surface area contributed by atoms with Crippen LogP contribution in [-0.4, -0.2) is 18.7 Å². The smallest absolute Gasteiger partial charge is 0.277 e. The van der Waals surface area contributed by atoms with Gasteiger partial charge in [0.05, 0.1) is 15.2 Å². The fourth-order valence-electron chi connectivity index (χ4n) is 3.24. The molecule has 4 rings (SSSR count). The van der Waals surface area contributed by atoms with Crippen molar-refractivity contribution in [2.45, 2.75) is 6.61 Å². The quantitative estimate of drug-likeness (QED) is 0.196. The molecule has 0 aliphatic rings. The van der Waals surface area contributed by atoms with Gasteiger partial charge in [-0.15, -0.1) is 0 Å². The van der Waals surface area contributed by atoms with Gasteiger partial charge in [0.1, 0.15) is 18.1 Å². The van der Waals surface area contributed by atoms with Crippen molar-refractivity contribution in [1.29, 1.82) is 0 Å². The number of carbonyl (C=O) groups excluding carboxylic acids is 1. The van der Waals surface area contributed by atoms with Crippen LogP contribution < -0.4 is 14.9 Å². The van der Waals surface area contributed by atoms with Gasteiger partial charge >= 0.3 is 0 Å². The number of para-hydroxylation sites is 1. The van der Waals surface area contributed by atoms with Crippen LogP contribution in [0.4, 0.5) is 0 Å². The predicted octanol–water partition coefficient (Wildman–Crippen LogP) is 6.47. The third-order valence-electron chi connectivity index (χ3n) is 4.79. The zero-order chi connectivity index (χ0) is 23.0. The second kappa shape index (κ2) is 11.1. The molecule has 0 saturated heterocycles. The van der Waals surface area contributed by atoms with Gasteiger partial charge in [-0.1, -0.05) is 60.7 Å². The summed E-state index contributed by atoms with van der Waals surface area (Å²) < 4.78 is 13.1. The van der Waals surface area contributed by atoms with E-state index in [-0.39, 0.29) is 12.5 Å². The molecular weight excluding hydrogens is 548 g/mol. The van der Waals surface area contributed by atoms with Crippen LogP contribution in [0.5, 0.6) is 11.5 Å². The van der Waals surface area contributed by atoms with Crippen molar-refractivity contribution < 1.29 is 14.3 Å². The number of ether oxygens (including phenoxy) is 2. The van der Waals surface area contributed by atoms with Crippen LogP contribution in [0, 0.1) is 0 Å². The van der Waals surface area contributed by atoms with Gasteiger partial charge in [-0.3, -0.25) is 4.79 Å². The number of hydrazone groups is 1. The number of amides is 1. The molecule has 0 aromatic heterocycles.